The minimum Gasteiger partial charge on any atom is -0.392 e. The fourth-order valence-electron chi connectivity index (χ4n) is 2.72. The Morgan fingerprint density at radius 1 is 0.917 bits per heavy atom. The second-order valence-electron chi connectivity index (χ2n) is 5.19. The number of hydrogen-bond donors (Lipinski definition) is 1. The average molecular weight is 339 g/mol. The second kappa shape index (κ2) is 5.41. The minimum absolute atomic E-state index is 0.0779. The number of para-hydroxylation sites is 1. The number of nitrogens with zero attached hydrogens (tertiary/aromatic N) is 1. The summed E-state index contributed by atoms with van der Waals surface area (Å²) < 4.78 is 54.6. The third-order valence-corrected chi connectivity index (χ3v) is 3.82. The number of aliphatic hydroxyl groups is 1. The lowest BCUT2D eigenvalue weighted by Gasteiger charge is -2.19. The van der Waals surface area contributed by atoms with Gasteiger partial charge in [-0.25, -0.2) is 22.5 Å². The van der Waals surface area contributed by atoms with Crippen LogP contribution in [0.5, 0.6) is 0 Å². The number of aryl methyl sites for hydroxylation is 1. The Hall–Kier alpha value is -2.74. The number of aliphatic hydroxyl groups excluding tert-OH is 1. The molecule has 1 aliphatic rings. The highest BCUT2D eigenvalue weighted by Crippen LogP contribution is 2.37. The van der Waals surface area contributed by atoms with Gasteiger partial charge >= 0.3 is 0 Å². The van der Waals surface area contributed by atoms with Crippen LogP contribution >= 0.6 is 0 Å². The van der Waals surface area contributed by atoms with Crippen LogP contribution < -0.4 is 4.90 Å². The third kappa shape index (κ3) is 1.96. The number of fused-ring (bicyclic) bond motifs is 1. The molecule has 0 spiro atoms. The average Bonchev–Trinajstić information content (AvgIpc) is 2.82. The SMILES string of the molecule is Cc1cccc(CO)c1N1C(=O)c2c(F)c(F)c(F)c(F)c2C1=O. The highest BCUT2D eigenvalue weighted by atomic mass is 19.2. The van der Waals surface area contributed by atoms with Crippen LogP contribution in [-0.2, 0) is 6.61 Å². The van der Waals surface area contributed by atoms with Crippen LogP contribution in [-0.4, -0.2) is 16.9 Å². The number of rotatable bonds is 2. The number of benzene rings is 2. The highest BCUT2D eigenvalue weighted by molar-refractivity contribution is 6.35. The lowest BCUT2D eigenvalue weighted by atomic mass is 10.1. The normalized spacial score (nSPS) is 13.7. The predicted molar refractivity (Wildman–Crippen MR) is 74.5 cm³/mol. The number of carbonyl (C=O) groups excluding carboxylic acids is 2. The van der Waals surface area contributed by atoms with E-state index >= 15 is 0 Å². The summed E-state index contributed by atoms with van der Waals surface area (Å²) in [4.78, 5) is 25.2. The van der Waals surface area contributed by atoms with E-state index in [-0.39, 0.29) is 11.3 Å². The van der Waals surface area contributed by atoms with E-state index in [2.05, 4.69) is 0 Å². The number of imide groups is 1. The minimum atomic E-state index is -2.17. The number of carbonyl (C=O) groups is 2. The molecular formula is C16H9F4NO3. The zero-order valence-electron chi connectivity index (χ0n) is 12.2. The van der Waals surface area contributed by atoms with Gasteiger partial charge in [-0.3, -0.25) is 9.59 Å². The maximum atomic E-state index is 13.9. The van der Waals surface area contributed by atoms with Crippen LogP contribution in [0.4, 0.5) is 23.2 Å². The molecule has 2 amide bonds. The third-order valence-electron chi connectivity index (χ3n) is 3.82. The van der Waals surface area contributed by atoms with E-state index in [9.17, 15) is 32.3 Å². The Labute approximate surface area is 132 Å². The second-order valence-corrected chi connectivity index (χ2v) is 5.19. The van der Waals surface area contributed by atoms with Crippen molar-refractivity contribution in [2.45, 2.75) is 13.5 Å². The van der Waals surface area contributed by atoms with Gasteiger partial charge in [0.2, 0.25) is 0 Å². The summed E-state index contributed by atoms with van der Waals surface area (Å²) >= 11 is 0. The van der Waals surface area contributed by atoms with Crippen molar-refractivity contribution < 1.29 is 32.3 Å². The van der Waals surface area contributed by atoms with Crippen molar-refractivity contribution in [2.75, 3.05) is 4.90 Å². The van der Waals surface area contributed by atoms with Crippen molar-refractivity contribution in [3.8, 4) is 0 Å². The van der Waals surface area contributed by atoms with Gasteiger partial charge in [0.25, 0.3) is 11.8 Å². The molecular weight excluding hydrogens is 330 g/mol. The molecule has 4 nitrogen and oxygen atoms in total. The summed E-state index contributed by atoms with van der Waals surface area (Å²) in [7, 11) is 0. The van der Waals surface area contributed by atoms with Crippen molar-refractivity contribution in [1.29, 1.82) is 0 Å². The van der Waals surface area contributed by atoms with E-state index in [4.69, 9.17) is 0 Å². The Morgan fingerprint density at radius 2 is 1.42 bits per heavy atom. The summed E-state index contributed by atoms with van der Waals surface area (Å²) in [6.45, 7) is 0.948. The summed E-state index contributed by atoms with van der Waals surface area (Å²) in [6.07, 6.45) is 0. The summed E-state index contributed by atoms with van der Waals surface area (Å²) in [6, 6.07) is 4.45. The zero-order chi connectivity index (χ0) is 17.8. The first-order chi connectivity index (χ1) is 11.3. The highest BCUT2D eigenvalue weighted by Gasteiger charge is 2.45. The maximum Gasteiger partial charge on any atom is 0.269 e. The standard InChI is InChI=1S/C16H9F4NO3/c1-6-3-2-4-7(5-22)14(6)21-15(23)8-9(16(21)24)11(18)13(20)12(19)10(8)17/h2-4,22H,5H2,1H3. The molecule has 0 bridgehead atoms. The number of hydrogen-bond acceptors (Lipinski definition) is 3. The molecule has 0 saturated heterocycles. The molecule has 0 radical (unpaired) electrons. The molecule has 0 aromatic heterocycles. The van der Waals surface area contributed by atoms with Crippen molar-refractivity contribution in [1.82, 2.24) is 0 Å². The van der Waals surface area contributed by atoms with Crippen molar-refractivity contribution in [3.05, 3.63) is 63.7 Å². The van der Waals surface area contributed by atoms with Crippen LogP contribution in [0.2, 0.25) is 0 Å². The Bertz CT molecular complexity index is 864. The lowest BCUT2D eigenvalue weighted by Crippen LogP contribution is -2.31. The van der Waals surface area contributed by atoms with E-state index < -0.39 is 52.8 Å². The summed E-state index contributed by atoms with van der Waals surface area (Å²) in [5.41, 5.74) is -1.90. The number of halogens is 4. The smallest absolute Gasteiger partial charge is 0.269 e. The Morgan fingerprint density at radius 3 is 1.88 bits per heavy atom. The largest absolute Gasteiger partial charge is 0.392 e. The molecule has 8 heteroatoms. The number of amides is 2. The molecule has 3 rings (SSSR count). The van der Waals surface area contributed by atoms with Gasteiger partial charge in [0.1, 0.15) is 0 Å². The molecule has 2 aromatic carbocycles. The first kappa shape index (κ1) is 16.1. The van der Waals surface area contributed by atoms with Gasteiger partial charge in [-0.2, -0.15) is 0 Å². The first-order valence-corrected chi connectivity index (χ1v) is 6.75. The molecule has 1 heterocycles. The monoisotopic (exact) mass is 339 g/mol. The fourth-order valence-corrected chi connectivity index (χ4v) is 2.72. The van der Waals surface area contributed by atoms with Crippen LogP contribution in [0, 0.1) is 30.2 Å². The molecule has 1 aliphatic heterocycles. The van der Waals surface area contributed by atoms with E-state index in [0.717, 1.165) is 0 Å². The van der Waals surface area contributed by atoms with E-state index in [0.29, 0.717) is 10.5 Å². The van der Waals surface area contributed by atoms with E-state index in [1.165, 1.54) is 19.1 Å². The molecule has 2 aromatic rings. The Kier molecular flexibility index (Phi) is 3.64. The van der Waals surface area contributed by atoms with E-state index in [1.54, 1.807) is 6.07 Å². The summed E-state index contributed by atoms with van der Waals surface area (Å²) in [5.74, 6) is -10.8. The van der Waals surface area contributed by atoms with Gasteiger partial charge in [0.15, 0.2) is 23.3 Å². The molecule has 0 fully saturated rings. The zero-order valence-corrected chi connectivity index (χ0v) is 12.2. The molecule has 124 valence electrons. The number of anilines is 1. The molecule has 0 aliphatic carbocycles. The molecule has 24 heavy (non-hydrogen) atoms. The topological polar surface area (TPSA) is 57.6 Å². The van der Waals surface area contributed by atoms with Gasteiger partial charge in [-0.05, 0) is 12.5 Å². The van der Waals surface area contributed by atoms with Crippen LogP contribution in [0.1, 0.15) is 31.8 Å². The van der Waals surface area contributed by atoms with E-state index in [1.807, 2.05) is 0 Å². The maximum absolute atomic E-state index is 13.9. The van der Waals surface area contributed by atoms with Gasteiger partial charge in [-0.1, -0.05) is 18.2 Å². The first-order valence-electron chi connectivity index (χ1n) is 6.75. The molecule has 0 atom stereocenters. The fraction of sp³-hybridized carbons (Fsp3) is 0.125. The van der Waals surface area contributed by atoms with Gasteiger partial charge in [0, 0.05) is 5.56 Å². The Balaban J connectivity index is 2.30. The van der Waals surface area contributed by atoms with Crippen LogP contribution in [0.15, 0.2) is 18.2 Å². The van der Waals surface area contributed by atoms with Crippen LogP contribution in [0.25, 0.3) is 0 Å². The van der Waals surface area contributed by atoms with Gasteiger partial charge in [0.05, 0.1) is 23.4 Å². The molecule has 0 saturated carbocycles. The summed E-state index contributed by atoms with van der Waals surface area (Å²) in [5, 5.41) is 9.37. The van der Waals surface area contributed by atoms with Crippen molar-refractivity contribution in [3.63, 3.8) is 0 Å². The predicted octanol–water partition coefficient (Wildman–Crippen LogP) is 2.84. The molecule has 0 unspecified atom stereocenters. The van der Waals surface area contributed by atoms with Crippen molar-refractivity contribution in [2.24, 2.45) is 0 Å². The lowest BCUT2D eigenvalue weighted by molar-refractivity contribution is 0.0923. The van der Waals surface area contributed by atoms with Gasteiger partial charge in [-0.15, -0.1) is 0 Å². The van der Waals surface area contributed by atoms with Crippen molar-refractivity contribution >= 4 is 17.5 Å². The quantitative estimate of drug-likeness (QED) is 0.396. The van der Waals surface area contributed by atoms with Gasteiger partial charge < -0.3 is 5.11 Å². The molecule has 1 N–H and O–H groups in total. The van der Waals surface area contributed by atoms with Crippen LogP contribution in [0.3, 0.4) is 0 Å².